The lowest BCUT2D eigenvalue weighted by Gasteiger charge is -2.21. The number of ether oxygens (including phenoxy) is 1. The Morgan fingerprint density at radius 3 is 2.39 bits per heavy atom. The van der Waals surface area contributed by atoms with Crippen LogP contribution in [0.3, 0.4) is 0 Å². The number of nitrogens with zero attached hydrogens (tertiary/aromatic N) is 2. The fourth-order valence-corrected chi connectivity index (χ4v) is 2.66. The number of hydrogen-bond acceptors (Lipinski definition) is 5. The van der Waals surface area contributed by atoms with Gasteiger partial charge in [0.2, 0.25) is 0 Å². The standard InChI is InChI=1S/C20H25N3O5/c1-12(2)17(21-18(25)14-8-6-7-13(3)9-14)19(26)28-11-15-10-16(24)23(5)20(27)22(15)4/h6-10,12,17H,11H2,1-5H3,(H,21,25)/t17-/m0/s1. The molecular weight excluding hydrogens is 362 g/mol. The molecule has 0 aliphatic heterocycles. The number of carbonyl (C=O) groups is 2. The van der Waals surface area contributed by atoms with E-state index in [1.165, 1.54) is 24.7 Å². The van der Waals surface area contributed by atoms with E-state index in [1.807, 2.05) is 13.0 Å². The Hall–Kier alpha value is -3.16. The van der Waals surface area contributed by atoms with E-state index in [4.69, 9.17) is 4.74 Å². The number of benzene rings is 1. The average Bonchev–Trinajstić information content (AvgIpc) is 2.65. The van der Waals surface area contributed by atoms with Crippen LogP contribution in [-0.2, 0) is 30.2 Å². The third-order valence-electron chi connectivity index (χ3n) is 4.48. The molecule has 0 bridgehead atoms. The quantitative estimate of drug-likeness (QED) is 0.742. The van der Waals surface area contributed by atoms with Crippen molar-refractivity contribution >= 4 is 11.9 Å². The molecule has 0 saturated carbocycles. The number of esters is 1. The lowest BCUT2D eigenvalue weighted by atomic mass is 10.0. The molecule has 2 aromatic rings. The van der Waals surface area contributed by atoms with Gasteiger partial charge in [0.05, 0.1) is 5.69 Å². The number of amides is 1. The van der Waals surface area contributed by atoms with E-state index in [9.17, 15) is 19.2 Å². The Morgan fingerprint density at radius 1 is 1.11 bits per heavy atom. The average molecular weight is 387 g/mol. The minimum atomic E-state index is -0.864. The summed E-state index contributed by atoms with van der Waals surface area (Å²) in [5.41, 5.74) is 0.665. The molecule has 1 atom stereocenters. The van der Waals surface area contributed by atoms with Gasteiger partial charge in [-0.1, -0.05) is 31.5 Å². The van der Waals surface area contributed by atoms with E-state index in [2.05, 4.69) is 5.32 Å². The Kier molecular flexibility index (Phi) is 6.56. The Balaban J connectivity index is 2.13. The molecule has 1 heterocycles. The van der Waals surface area contributed by atoms with E-state index in [0.29, 0.717) is 5.56 Å². The summed E-state index contributed by atoms with van der Waals surface area (Å²) in [5.74, 6) is -1.22. The highest BCUT2D eigenvalue weighted by molar-refractivity contribution is 5.97. The van der Waals surface area contributed by atoms with E-state index >= 15 is 0 Å². The minimum Gasteiger partial charge on any atom is -0.458 e. The van der Waals surface area contributed by atoms with Gasteiger partial charge in [0.25, 0.3) is 11.5 Å². The summed E-state index contributed by atoms with van der Waals surface area (Å²) in [6.07, 6.45) is 0. The first-order valence-electron chi connectivity index (χ1n) is 8.92. The Morgan fingerprint density at radius 2 is 1.79 bits per heavy atom. The Labute approximate surface area is 162 Å². The molecule has 0 radical (unpaired) electrons. The van der Waals surface area contributed by atoms with E-state index in [-0.39, 0.29) is 24.1 Å². The second-order valence-corrected chi connectivity index (χ2v) is 7.05. The van der Waals surface area contributed by atoms with Crippen molar-refractivity contribution in [2.75, 3.05) is 0 Å². The number of hydrogen-bond donors (Lipinski definition) is 1. The molecule has 8 heteroatoms. The molecule has 0 aliphatic rings. The van der Waals surface area contributed by atoms with Crippen molar-refractivity contribution in [3.63, 3.8) is 0 Å². The number of aromatic nitrogens is 2. The smallest absolute Gasteiger partial charge is 0.330 e. The maximum Gasteiger partial charge on any atom is 0.330 e. The van der Waals surface area contributed by atoms with Gasteiger partial charge in [0, 0.05) is 25.7 Å². The lowest BCUT2D eigenvalue weighted by molar-refractivity contribution is -0.148. The second kappa shape index (κ2) is 8.69. The topological polar surface area (TPSA) is 99.4 Å². The van der Waals surface area contributed by atoms with Gasteiger partial charge in [-0.15, -0.1) is 0 Å². The van der Waals surface area contributed by atoms with Crippen molar-refractivity contribution in [2.24, 2.45) is 20.0 Å². The highest BCUT2D eigenvalue weighted by Gasteiger charge is 2.26. The summed E-state index contributed by atoms with van der Waals surface area (Å²) in [5, 5.41) is 2.69. The second-order valence-electron chi connectivity index (χ2n) is 7.05. The first kappa shape index (κ1) is 21.1. The normalized spacial score (nSPS) is 11.9. The third kappa shape index (κ3) is 4.76. The number of carbonyl (C=O) groups excluding carboxylic acids is 2. The van der Waals surface area contributed by atoms with Crippen molar-refractivity contribution in [3.8, 4) is 0 Å². The molecule has 150 valence electrons. The number of aryl methyl sites for hydroxylation is 1. The van der Waals surface area contributed by atoms with Crippen LogP contribution in [0.2, 0.25) is 0 Å². The number of rotatable bonds is 6. The van der Waals surface area contributed by atoms with Crippen LogP contribution in [0, 0.1) is 12.8 Å². The molecule has 8 nitrogen and oxygen atoms in total. The zero-order valence-corrected chi connectivity index (χ0v) is 16.7. The van der Waals surface area contributed by atoms with E-state index < -0.39 is 23.3 Å². The maximum absolute atomic E-state index is 12.5. The van der Waals surface area contributed by atoms with Gasteiger partial charge in [-0.25, -0.2) is 9.59 Å². The van der Waals surface area contributed by atoms with Crippen LogP contribution >= 0.6 is 0 Å². The summed E-state index contributed by atoms with van der Waals surface area (Å²) < 4.78 is 7.48. The monoisotopic (exact) mass is 387 g/mol. The van der Waals surface area contributed by atoms with Crippen LogP contribution in [0.25, 0.3) is 0 Å². The Bertz CT molecular complexity index is 1000. The summed E-state index contributed by atoms with van der Waals surface area (Å²) in [4.78, 5) is 48.7. The molecule has 0 unspecified atom stereocenters. The molecule has 0 aliphatic carbocycles. The molecule has 1 N–H and O–H groups in total. The van der Waals surface area contributed by atoms with Crippen LogP contribution < -0.4 is 16.6 Å². The van der Waals surface area contributed by atoms with Crippen molar-refractivity contribution in [1.29, 1.82) is 0 Å². The van der Waals surface area contributed by atoms with Crippen LogP contribution in [-0.4, -0.2) is 27.1 Å². The van der Waals surface area contributed by atoms with E-state index in [0.717, 1.165) is 10.1 Å². The molecule has 0 spiro atoms. The van der Waals surface area contributed by atoms with Gasteiger partial charge < -0.3 is 10.1 Å². The molecule has 1 amide bonds. The summed E-state index contributed by atoms with van der Waals surface area (Å²) in [6, 6.07) is 7.41. The zero-order valence-electron chi connectivity index (χ0n) is 16.7. The summed E-state index contributed by atoms with van der Waals surface area (Å²) >= 11 is 0. The van der Waals surface area contributed by atoms with Crippen molar-refractivity contribution < 1.29 is 14.3 Å². The fraction of sp³-hybridized carbons (Fsp3) is 0.400. The van der Waals surface area contributed by atoms with Gasteiger partial charge in [-0.2, -0.15) is 0 Å². The highest BCUT2D eigenvalue weighted by atomic mass is 16.5. The van der Waals surface area contributed by atoms with Crippen molar-refractivity contribution in [3.05, 3.63) is 68.0 Å². The van der Waals surface area contributed by atoms with E-state index in [1.54, 1.807) is 32.0 Å². The summed E-state index contributed by atoms with van der Waals surface area (Å²) in [6.45, 7) is 5.20. The molecule has 1 aromatic carbocycles. The zero-order chi connectivity index (χ0) is 21.0. The van der Waals surface area contributed by atoms with Crippen LogP contribution in [0.5, 0.6) is 0 Å². The molecule has 0 fully saturated rings. The third-order valence-corrected chi connectivity index (χ3v) is 4.48. The van der Waals surface area contributed by atoms with Crippen LogP contribution in [0.15, 0.2) is 39.9 Å². The highest BCUT2D eigenvalue weighted by Crippen LogP contribution is 2.09. The van der Waals surface area contributed by atoms with Gasteiger partial charge >= 0.3 is 11.7 Å². The minimum absolute atomic E-state index is 0.214. The number of nitrogens with one attached hydrogen (secondary N) is 1. The van der Waals surface area contributed by atoms with Crippen molar-refractivity contribution in [1.82, 2.24) is 14.5 Å². The van der Waals surface area contributed by atoms with Crippen molar-refractivity contribution in [2.45, 2.75) is 33.4 Å². The molecule has 0 saturated heterocycles. The molecule has 28 heavy (non-hydrogen) atoms. The first-order valence-corrected chi connectivity index (χ1v) is 8.92. The SMILES string of the molecule is Cc1cccc(C(=O)N[C@H](C(=O)OCc2cc(=O)n(C)c(=O)n2C)C(C)C)c1. The molecule has 2 rings (SSSR count). The van der Waals surface area contributed by atoms with Gasteiger partial charge in [-0.05, 0) is 25.0 Å². The predicted octanol–water partition coefficient (Wildman–Crippen LogP) is 0.890. The maximum atomic E-state index is 12.5. The van der Waals surface area contributed by atoms with Gasteiger partial charge in [0.15, 0.2) is 0 Å². The van der Waals surface area contributed by atoms with Gasteiger partial charge in [-0.3, -0.25) is 18.7 Å². The molecular formula is C20H25N3O5. The predicted molar refractivity (Wildman–Crippen MR) is 104 cm³/mol. The van der Waals surface area contributed by atoms with Gasteiger partial charge in [0.1, 0.15) is 12.6 Å². The van der Waals surface area contributed by atoms with Crippen LogP contribution in [0.1, 0.15) is 35.5 Å². The molecule has 1 aromatic heterocycles. The largest absolute Gasteiger partial charge is 0.458 e. The summed E-state index contributed by atoms with van der Waals surface area (Å²) in [7, 11) is 2.86. The fourth-order valence-electron chi connectivity index (χ4n) is 2.66. The van der Waals surface area contributed by atoms with Crippen LogP contribution in [0.4, 0.5) is 0 Å². The first-order chi connectivity index (χ1) is 13.1. The lowest BCUT2D eigenvalue weighted by Crippen LogP contribution is -2.45.